The van der Waals surface area contributed by atoms with Gasteiger partial charge in [-0.2, -0.15) is 0 Å². The third-order valence-electron chi connectivity index (χ3n) is 9.84. The van der Waals surface area contributed by atoms with Crippen LogP contribution < -0.4 is 10.2 Å². The minimum atomic E-state index is -0.905. The first-order valence-electron chi connectivity index (χ1n) is 15.9. The van der Waals surface area contributed by atoms with Gasteiger partial charge in [-0.25, -0.2) is 4.79 Å². The van der Waals surface area contributed by atoms with E-state index in [0.29, 0.717) is 24.6 Å². The van der Waals surface area contributed by atoms with Crippen LogP contribution in [0.15, 0.2) is 66.7 Å². The number of carboxylic acid groups (broad SMARTS) is 1. The number of carbonyl (C=O) groups excluding carboxylic acids is 1. The molecule has 2 N–H and O–H groups in total. The van der Waals surface area contributed by atoms with E-state index in [9.17, 15) is 14.7 Å². The third-order valence-corrected chi connectivity index (χ3v) is 9.84. The molecule has 2 heterocycles. The van der Waals surface area contributed by atoms with Crippen LogP contribution >= 0.6 is 0 Å². The van der Waals surface area contributed by atoms with Crippen LogP contribution in [0, 0.1) is 11.8 Å². The maximum absolute atomic E-state index is 13.4. The van der Waals surface area contributed by atoms with E-state index in [1.165, 1.54) is 5.57 Å². The number of aromatic carboxylic acids is 1. The van der Waals surface area contributed by atoms with Crippen molar-refractivity contribution in [3.05, 3.63) is 94.5 Å². The van der Waals surface area contributed by atoms with Gasteiger partial charge in [0.1, 0.15) is 0 Å². The fraction of sp³-hybridized carbons (Fsp3) is 0.405. The van der Waals surface area contributed by atoms with Gasteiger partial charge in [0.25, 0.3) is 0 Å². The number of ether oxygens (including phenoxy) is 1. The molecule has 2 aliphatic heterocycles. The summed E-state index contributed by atoms with van der Waals surface area (Å²) in [5.74, 6) is 0.0166. The summed E-state index contributed by atoms with van der Waals surface area (Å²) in [4.78, 5) is 29.4. The number of carboxylic acids is 1. The van der Waals surface area contributed by atoms with E-state index in [2.05, 4.69) is 75.2 Å². The predicted octanol–water partition coefficient (Wildman–Crippen LogP) is 6.75. The van der Waals surface area contributed by atoms with Crippen molar-refractivity contribution in [2.24, 2.45) is 11.8 Å². The number of hydrogen-bond donors (Lipinski definition) is 2. The summed E-state index contributed by atoms with van der Waals surface area (Å²) in [6, 6.07) is 22.2. The van der Waals surface area contributed by atoms with Gasteiger partial charge in [-0.15, -0.1) is 0 Å². The van der Waals surface area contributed by atoms with Gasteiger partial charge in [-0.1, -0.05) is 57.2 Å². The predicted molar refractivity (Wildman–Crippen MR) is 176 cm³/mol. The largest absolute Gasteiger partial charge is 0.478 e. The Morgan fingerprint density at radius 2 is 1.61 bits per heavy atom. The Balaban J connectivity index is 1.34. The monoisotopic (exact) mass is 593 g/mol. The highest BCUT2D eigenvalue weighted by Gasteiger charge is 2.35. The summed E-state index contributed by atoms with van der Waals surface area (Å²) >= 11 is 0. The second-order valence-electron chi connectivity index (χ2n) is 12.9. The number of fused-ring (bicyclic) bond motifs is 2. The van der Waals surface area contributed by atoms with E-state index in [1.807, 2.05) is 35.2 Å². The number of carbonyl (C=O) groups is 2. The number of amides is 1. The average Bonchev–Trinajstić information content (AvgIpc) is 3.43. The summed E-state index contributed by atoms with van der Waals surface area (Å²) in [7, 11) is 0. The molecule has 0 spiro atoms. The van der Waals surface area contributed by atoms with Crippen LogP contribution in [-0.2, 0) is 16.0 Å². The SMILES string of the molecule is CC1CN(CC(=O)N2CCc3cc(N/C(=C4/c5ccc(C(=O)O)cc5C(C)C(C)C4C)c4ccccc4)ccc32)CC(C)O1. The number of benzene rings is 3. The average molecular weight is 594 g/mol. The van der Waals surface area contributed by atoms with Crippen molar-refractivity contribution in [3.63, 3.8) is 0 Å². The Labute approximate surface area is 260 Å². The number of rotatable bonds is 6. The lowest BCUT2D eigenvalue weighted by molar-refractivity contribution is -0.123. The normalized spacial score (nSPS) is 26.1. The van der Waals surface area contributed by atoms with E-state index in [1.54, 1.807) is 6.07 Å². The number of nitrogens with one attached hydrogen (secondary N) is 1. The lowest BCUT2D eigenvalue weighted by Gasteiger charge is -2.38. The summed E-state index contributed by atoms with van der Waals surface area (Å²) < 4.78 is 5.85. The molecule has 0 bridgehead atoms. The zero-order valence-electron chi connectivity index (χ0n) is 26.3. The van der Waals surface area contributed by atoms with Crippen molar-refractivity contribution in [2.45, 2.75) is 59.2 Å². The Bertz CT molecular complexity index is 1590. The Kier molecular flexibility index (Phi) is 8.36. The van der Waals surface area contributed by atoms with Gasteiger partial charge in [0.05, 0.1) is 24.3 Å². The molecule has 0 aromatic heterocycles. The zero-order chi connectivity index (χ0) is 31.1. The summed E-state index contributed by atoms with van der Waals surface area (Å²) in [5, 5.41) is 13.5. The summed E-state index contributed by atoms with van der Waals surface area (Å²) in [6.07, 6.45) is 1.07. The molecule has 6 rings (SSSR count). The van der Waals surface area contributed by atoms with Crippen LogP contribution in [0.2, 0.25) is 0 Å². The zero-order valence-corrected chi connectivity index (χ0v) is 26.3. The van der Waals surface area contributed by atoms with Gasteiger partial charge in [-0.05, 0) is 96.2 Å². The molecule has 1 amide bonds. The van der Waals surface area contributed by atoms with Crippen LogP contribution in [0.3, 0.4) is 0 Å². The Morgan fingerprint density at radius 3 is 2.32 bits per heavy atom. The maximum atomic E-state index is 13.4. The maximum Gasteiger partial charge on any atom is 0.335 e. The molecule has 1 aliphatic carbocycles. The van der Waals surface area contributed by atoms with Gasteiger partial charge in [0, 0.05) is 36.7 Å². The molecule has 5 atom stereocenters. The van der Waals surface area contributed by atoms with Crippen LogP contribution in [0.4, 0.5) is 11.4 Å². The van der Waals surface area contributed by atoms with E-state index in [-0.39, 0.29) is 30.0 Å². The first-order valence-corrected chi connectivity index (χ1v) is 15.9. The lowest BCUT2D eigenvalue weighted by atomic mass is 9.67. The van der Waals surface area contributed by atoms with E-state index >= 15 is 0 Å². The van der Waals surface area contributed by atoms with Crippen LogP contribution in [0.1, 0.15) is 73.1 Å². The number of allylic oxidation sites excluding steroid dienone is 1. The third kappa shape index (κ3) is 5.78. The fourth-order valence-electron chi connectivity index (χ4n) is 7.38. The van der Waals surface area contributed by atoms with Crippen molar-refractivity contribution < 1.29 is 19.4 Å². The molecule has 0 radical (unpaired) electrons. The molecule has 44 heavy (non-hydrogen) atoms. The smallest absolute Gasteiger partial charge is 0.335 e. The van der Waals surface area contributed by atoms with Gasteiger partial charge in [0.15, 0.2) is 0 Å². The molecule has 0 saturated carbocycles. The van der Waals surface area contributed by atoms with E-state index in [4.69, 9.17) is 4.74 Å². The number of nitrogens with zero attached hydrogens (tertiary/aromatic N) is 2. The first-order chi connectivity index (χ1) is 21.1. The van der Waals surface area contributed by atoms with Crippen molar-refractivity contribution >= 4 is 34.5 Å². The number of hydrogen-bond acceptors (Lipinski definition) is 5. The van der Waals surface area contributed by atoms with Crippen LogP contribution in [0.5, 0.6) is 0 Å². The van der Waals surface area contributed by atoms with E-state index in [0.717, 1.165) is 58.8 Å². The van der Waals surface area contributed by atoms with E-state index < -0.39 is 5.97 Å². The highest BCUT2D eigenvalue weighted by atomic mass is 16.5. The lowest BCUT2D eigenvalue weighted by Crippen LogP contribution is -2.49. The molecule has 1 fully saturated rings. The second-order valence-corrected chi connectivity index (χ2v) is 12.9. The van der Waals surface area contributed by atoms with Crippen molar-refractivity contribution in [2.75, 3.05) is 36.4 Å². The first kappa shape index (κ1) is 30.1. The summed E-state index contributed by atoms with van der Waals surface area (Å²) in [6.45, 7) is 13.5. The molecule has 230 valence electrons. The summed E-state index contributed by atoms with van der Waals surface area (Å²) in [5.41, 5.74) is 8.93. The highest BCUT2D eigenvalue weighted by molar-refractivity contribution is 6.00. The molecule has 3 aromatic carbocycles. The fourth-order valence-corrected chi connectivity index (χ4v) is 7.38. The number of morpholine rings is 1. The van der Waals surface area contributed by atoms with Gasteiger partial charge in [-0.3, -0.25) is 9.69 Å². The minimum Gasteiger partial charge on any atom is -0.478 e. The number of anilines is 2. The van der Waals surface area contributed by atoms with Crippen LogP contribution in [0.25, 0.3) is 11.3 Å². The molecular formula is C37H43N3O4. The van der Waals surface area contributed by atoms with Crippen LogP contribution in [-0.4, -0.2) is 60.3 Å². The van der Waals surface area contributed by atoms with Gasteiger partial charge in [0.2, 0.25) is 5.91 Å². The molecule has 3 aromatic rings. The minimum absolute atomic E-state index is 0.128. The quantitative estimate of drug-likeness (QED) is 0.329. The molecule has 7 nitrogen and oxygen atoms in total. The van der Waals surface area contributed by atoms with Crippen molar-refractivity contribution in [1.82, 2.24) is 4.90 Å². The van der Waals surface area contributed by atoms with Crippen molar-refractivity contribution in [3.8, 4) is 0 Å². The molecule has 7 heteroatoms. The topological polar surface area (TPSA) is 82.1 Å². The molecule has 5 unspecified atom stereocenters. The van der Waals surface area contributed by atoms with Gasteiger partial charge >= 0.3 is 5.97 Å². The second kappa shape index (κ2) is 12.2. The Hall–Kier alpha value is -3.94. The van der Waals surface area contributed by atoms with Crippen molar-refractivity contribution in [1.29, 1.82) is 0 Å². The molecule has 1 saturated heterocycles. The molecular weight excluding hydrogens is 550 g/mol. The molecule has 3 aliphatic rings. The van der Waals surface area contributed by atoms with Gasteiger partial charge < -0.3 is 20.1 Å². The Morgan fingerprint density at radius 1 is 0.886 bits per heavy atom. The standard InChI is InChI=1S/C37H43N3O4/c1-22-19-39(20-23(2)44-22)21-34(41)40-16-15-28-17-30(12-14-33(28)40)38-36(27-9-7-6-8-10-27)35-26(5)24(3)25(4)32-18-29(37(42)43)11-13-31(32)35/h6-14,17-18,22-26,38H,15-16,19-21H2,1-5H3,(H,42,43)/b36-35+. The highest BCUT2D eigenvalue weighted by Crippen LogP contribution is 2.49.